The minimum atomic E-state index is 0.101. The van der Waals surface area contributed by atoms with Crippen LogP contribution in [0.2, 0.25) is 0 Å². The molecule has 1 aromatic heterocycles. The van der Waals surface area contributed by atoms with Crippen LogP contribution in [0.3, 0.4) is 0 Å². The fraction of sp³-hybridized carbons (Fsp3) is 0.346. The van der Waals surface area contributed by atoms with Crippen LogP contribution in [0.1, 0.15) is 61.5 Å². The molecule has 1 aliphatic heterocycles. The van der Waals surface area contributed by atoms with E-state index in [0.717, 1.165) is 27.8 Å². The fourth-order valence-corrected chi connectivity index (χ4v) is 3.41. The Bertz CT molecular complexity index is 968. The molecule has 0 saturated heterocycles. The largest absolute Gasteiger partial charge is 0.351 e. The fourth-order valence-electron chi connectivity index (χ4n) is 3.41. The minimum absolute atomic E-state index is 0.101. The van der Waals surface area contributed by atoms with Gasteiger partial charge in [-0.3, -0.25) is 4.79 Å². The number of unbranched alkanes of at least 4 members (excludes halogenated alkanes) is 2. The molecule has 0 fully saturated rings. The van der Waals surface area contributed by atoms with Gasteiger partial charge in [-0.15, -0.1) is 6.58 Å². The zero-order valence-corrected chi connectivity index (χ0v) is 18.5. The minimum Gasteiger partial charge on any atom is -0.351 e. The number of amides is 1. The number of aromatic nitrogens is 1. The number of allylic oxidation sites excluding steroid dienone is 1. The monoisotopic (exact) mass is 390 g/mol. The van der Waals surface area contributed by atoms with Gasteiger partial charge in [-0.05, 0) is 49.2 Å². The van der Waals surface area contributed by atoms with E-state index in [2.05, 4.69) is 48.4 Å². The average Bonchev–Trinajstić information content (AvgIpc) is 3.28. The van der Waals surface area contributed by atoms with Crippen molar-refractivity contribution >= 4 is 22.5 Å². The van der Waals surface area contributed by atoms with Gasteiger partial charge in [-0.1, -0.05) is 57.4 Å². The summed E-state index contributed by atoms with van der Waals surface area (Å²) in [6.45, 7) is 12.5. The first-order valence-corrected chi connectivity index (χ1v) is 10.6. The Kier molecular flexibility index (Phi) is 8.26. The number of anilines is 1. The predicted octanol–water partition coefficient (Wildman–Crippen LogP) is 7.04. The van der Waals surface area contributed by atoms with Crippen molar-refractivity contribution in [3.05, 3.63) is 78.0 Å². The van der Waals surface area contributed by atoms with Crippen molar-refractivity contribution in [1.29, 1.82) is 0 Å². The van der Waals surface area contributed by atoms with E-state index in [1.807, 2.05) is 57.1 Å². The van der Waals surface area contributed by atoms with Crippen LogP contribution in [0.25, 0.3) is 10.9 Å². The molecule has 29 heavy (non-hydrogen) atoms. The zero-order valence-electron chi connectivity index (χ0n) is 18.5. The zero-order chi connectivity index (χ0) is 21.4. The van der Waals surface area contributed by atoms with E-state index in [1.54, 1.807) is 0 Å². The highest BCUT2D eigenvalue weighted by Crippen LogP contribution is 2.31. The maximum absolute atomic E-state index is 12.6. The molecule has 0 radical (unpaired) electrons. The van der Waals surface area contributed by atoms with Crippen molar-refractivity contribution in [3.63, 3.8) is 0 Å². The lowest BCUT2D eigenvalue weighted by molar-refractivity contribution is 0.0996. The summed E-state index contributed by atoms with van der Waals surface area (Å²) in [7, 11) is 2.03. The molecule has 3 aromatic rings. The van der Waals surface area contributed by atoms with Crippen LogP contribution in [0.4, 0.5) is 5.69 Å². The molecule has 0 N–H and O–H groups in total. The maximum Gasteiger partial charge on any atom is 0.258 e. The second-order valence-corrected chi connectivity index (χ2v) is 7.15. The number of rotatable bonds is 4. The molecule has 1 amide bonds. The number of aryl methyl sites for hydroxylation is 2. The Morgan fingerprint density at radius 1 is 1.10 bits per heavy atom. The average molecular weight is 391 g/mol. The number of benzene rings is 2. The molecule has 0 atom stereocenters. The van der Waals surface area contributed by atoms with Gasteiger partial charge in [0.05, 0.1) is 6.54 Å². The van der Waals surface area contributed by atoms with Crippen LogP contribution >= 0.6 is 0 Å². The van der Waals surface area contributed by atoms with E-state index < -0.39 is 0 Å². The lowest BCUT2D eigenvalue weighted by Gasteiger charge is -2.16. The molecule has 4 rings (SSSR count). The Hall–Kier alpha value is -2.81. The number of fused-ring (bicyclic) bond motifs is 2. The van der Waals surface area contributed by atoms with Gasteiger partial charge in [0.2, 0.25) is 0 Å². The summed E-state index contributed by atoms with van der Waals surface area (Å²) < 4.78 is 2.09. The van der Waals surface area contributed by atoms with Crippen LogP contribution in [0.5, 0.6) is 0 Å². The highest BCUT2D eigenvalue weighted by atomic mass is 16.2. The molecular weight excluding hydrogens is 356 g/mol. The van der Waals surface area contributed by atoms with Crippen molar-refractivity contribution in [2.45, 2.75) is 53.5 Å². The topological polar surface area (TPSA) is 25.2 Å². The smallest absolute Gasteiger partial charge is 0.258 e. The van der Waals surface area contributed by atoms with E-state index in [1.165, 1.54) is 24.8 Å². The second-order valence-electron chi connectivity index (χ2n) is 7.15. The molecule has 0 unspecified atom stereocenters. The summed E-state index contributed by atoms with van der Waals surface area (Å²) >= 11 is 0. The van der Waals surface area contributed by atoms with Crippen LogP contribution < -0.4 is 4.90 Å². The van der Waals surface area contributed by atoms with Gasteiger partial charge in [0, 0.05) is 35.4 Å². The van der Waals surface area contributed by atoms with Gasteiger partial charge in [-0.25, -0.2) is 0 Å². The molecule has 0 saturated carbocycles. The normalized spacial score (nSPS) is 12.0. The number of carbonyl (C=O) groups excluding carboxylic acids is 1. The first-order chi connectivity index (χ1) is 14.0. The Morgan fingerprint density at radius 3 is 2.52 bits per heavy atom. The molecule has 0 bridgehead atoms. The standard InChI is InChI=1S/C18H16N2O.C6H12.C2H6/c1-12-3-4-14-11-20(18(21)16(14)9-12)15-5-6-17-13(10-15)7-8-19(17)2;1-3-5-6-4-2;1-2/h3-10H,11H2,1-2H3;3H,1,4-6H2,2H3;1-2H3. The first kappa shape index (κ1) is 22.5. The molecule has 2 heterocycles. The van der Waals surface area contributed by atoms with Gasteiger partial charge in [0.1, 0.15) is 0 Å². The van der Waals surface area contributed by atoms with Crippen LogP contribution in [-0.4, -0.2) is 10.5 Å². The highest BCUT2D eigenvalue weighted by Gasteiger charge is 2.28. The number of hydrogen-bond acceptors (Lipinski definition) is 1. The van der Waals surface area contributed by atoms with E-state index in [9.17, 15) is 4.79 Å². The van der Waals surface area contributed by atoms with Gasteiger partial charge in [-0.2, -0.15) is 0 Å². The highest BCUT2D eigenvalue weighted by molar-refractivity contribution is 6.10. The predicted molar refractivity (Wildman–Crippen MR) is 126 cm³/mol. The number of nitrogens with zero attached hydrogens (tertiary/aromatic N) is 2. The Labute approximate surface area is 175 Å². The summed E-state index contributed by atoms with van der Waals surface area (Å²) in [5.74, 6) is 0.101. The third-order valence-electron chi connectivity index (χ3n) is 5.01. The third-order valence-corrected chi connectivity index (χ3v) is 5.01. The molecule has 3 nitrogen and oxygen atoms in total. The van der Waals surface area contributed by atoms with Crippen LogP contribution in [-0.2, 0) is 13.6 Å². The van der Waals surface area contributed by atoms with Gasteiger partial charge >= 0.3 is 0 Å². The lowest BCUT2D eigenvalue weighted by Crippen LogP contribution is -2.22. The summed E-state index contributed by atoms with van der Waals surface area (Å²) in [5.41, 5.74) is 5.22. The molecule has 3 heteroatoms. The molecule has 154 valence electrons. The van der Waals surface area contributed by atoms with Crippen molar-refractivity contribution in [2.75, 3.05) is 4.90 Å². The number of hydrogen-bond donors (Lipinski definition) is 0. The Balaban J connectivity index is 0.000000325. The van der Waals surface area contributed by atoms with Gasteiger partial charge in [0.25, 0.3) is 5.91 Å². The van der Waals surface area contributed by atoms with E-state index >= 15 is 0 Å². The SMILES string of the molecule is C=CCCCC.CC.Cc1ccc2c(c1)C(=O)N(c1ccc3c(ccn3C)c1)C2. The third kappa shape index (κ3) is 5.17. The maximum atomic E-state index is 12.6. The Morgan fingerprint density at radius 2 is 1.86 bits per heavy atom. The van der Waals surface area contributed by atoms with Crippen molar-refractivity contribution in [1.82, 2.24) is 4.57 Å². The molecule has 0 aliphatic carbocycles. The molecule has 1 aliphatic rings. The van der Waals surface area contributed by atoms with Crippen molar-refractivity contribution in [3.8, 4) is 0 Å². The summed E-state index contributed by atoms with van der Waals surface area (Å²) in [5, 5.41) is 1.16. The van der Waals surface area contributed by atoms with E-state index in [4.69, 9.17) is 0 Å². The van der Waals surface area contributed by atoms with E-state index in [-0.39, 0.29) is 5.91 Å². The van der Waals surface area contributed by atoms with Crippen molar-refractivity contribution in [2.24, 2.45) is 7.05 Å². The lowest BCUT2D eigenvalue weighted by atomic mass is 10.1. The van der Waals surface area contributed by atoms with Gasteiger partial charge in [0.15, 0.2) is 0 Å². The van der Waals surface area contributed by atoms with Crippen molar-refractivity contribution < 1.29 is 4.79 Å². The van der Waals surface area contributed by atoms with E-state index in [0.29, 0.717) is 6.54 Å². The van der Waals surface area contributed by atoms with Crippen LogP contribution in [0.15, 0.2) is 61.3 Å². The molecule has 0 spiro atoms. The molecular formula is C26H34N2O. The summed E-state index contributed by atoms with van der Waals surface area (Å²) in [6, 6.07) is 14.4. The first-order valence-electron chi connectivity index (χ1n) is 10.6. The van der Waals surface area contributed by atoms with Gasteiger partial charge < -0.3 is 9.47 Å². The number of carbonyl (C=O) groups is 1. The summed E-state index contributed by atoms with van der Waals surface area (Å²) in [4.78, 5) is 14.5. The summed E-state index contributed by atoms with van der Waals surface area (Å²) in [6.07, 6.45) is 7.76. The van der Waals surface area contributed by atoms with Crippen LogP contribution in [0, 0.1) is 6.92 Å². The second kappa shape index (κ2) is 10.7. The molecule has 2 aromatic carbocycles. The quantitative estimate of drug-likeness (QED) is 0.346.